The predicted molar refractivity (Wildman–Crippen MR) is 39.5 cm³/mol. The Morgan fingerprint density at radius 1 is 1.56 bits per heavy atom. The highest BCUT2D eigenvalue weighted by molar-refractivity contribution is 5.86. The first-order chi connectivity index (χ1) is 4.19. The molecule has 1 aliphatic carbocycles. The lowest BCUT2D eigenvalue weighted by Gasteiger charge is -2.37. The van der Waals surface area contributed by atoms with Crippen molar-refractivity contribution >= 4 is 5.84 Å². The molecule has 0 bridgehead atoms. The first-order valence-electron chi connectivity index (χ1n) is 3.42. The Morgan fingerprint density at radius 3 is 2.22 bits per heavy atom. The van der Waals surface area contributed by atoms with Crippen molar-refractivity contribution in [2.24, 2.45) is 16.1 Å². The average molecular weight is 126 g/mol. The van der Waals surface area contributed by atoms with E-state index in [-0.39, 0.29) is 5.41 Å². The molecule has 0 heterocycles. The van der Waals surface area contributed by atoms with Gasteiger partial charge >= 0.3 is 0 Å². The minimum Gasteiger partial charge on any atom is -0.387 e. The maximum atomic E-state index is 5.66. The van der Waals surface area contributed by atoms with Crippen LogP contribution in [0.25, 0.3) is 0 Å². The normalized spacial score (nSPS) is 25.3. The molecule has 0 saturated heterocycles. The zero-order valence-electron chi connectivity index (χ0n) is 6.15. The van der Waals surface area contributed by atoms with Gasteiger partial charge in [0.05, 0.1) is 5.84 Å². The Balaban J connectivity index is 2.59. The third kappa shape index (κ3) is 0.934. The fourth-order valence-corrected chi connectivity index (χ4v) is 1.23. The van der Waals surface area contributed by atoms with Gasteiger partial charge in [-0.05, 0) is 12.8 Å². The molecule has 0 aromatic carbocycles. The quantitative estimate of drug-likeness (QED) is 0.415. The molecule has 2 nitrogen and oxygen atoms in total. The number of hydrogen-bond acceptors (Lipinski definition) is 1. The molecule has 0 aromatic heterocycles. The van der Waals surface area contributed by atoms with E-state index < -0.39 is 0 Å². The largest absolute Gasteiger partial charge is 0.387 e. The second-order valence-electron chi connectivity index (χ2n) is 3.02. The molecule has 0 amide bonds. The van der Waals surface area contributed by atoms with Crippen LogP contribution in [0.5, 0.6) is 0 Å². The van der Waals surface area contributed by atoms with Crippen LogP contribution in [0.4, 0.5) is 0 Å². The summed E-state index contributed by atoms with van der Waals surface area (Å²) in [4.78, 5) is 3.98. The van der Waals surface area contributed by atoms with Gasteiger partial charge in [-0.25, -0.2) is 0 Å². The summed E-state index contributed by atoms with van der Waals surface area (Å²) in [6, 6.07) is 0. The van der Waals surface area contributed by atoms with E-state index in [1.165, 1.54) is 19.3 Å². The molecular formula is C7H14N2. The molecule has 2 N–H and O–H groups in total. The van der Waals surface area contributed by atoms with Crippen molar-refractivity contribution in [1.82, 2.24) is 0 Å². The van der Waals surface area contributed by atoms with E-state index in [9.17, 15) is 0 Å². The van der Waals surface area contributed by atoms with Crippen LogP contribution in [0.2, 0.25) is 0 Å². The number of amidine groups is 1. The van der Waals surface area contributed by atoms with Crippen molar-refractivity contribution in [2.45, 2.75) is 26.2 Å². The lowest BCUT2D eigenvalue weighted by molar-refractivity contribution is 0.260. The molecule has 1 fully saturated rings. The summed E-state index contributed by atoms with van der Waals surface area (Å²) in [6.07, 6.45) is 3.75. The molecule has 0 aliphatic heterocycles. The van der Waals surface area contributed by atoms with E-state index in [0.717, 1.165) is 5.84 Å². The Labute approximate surface area is 56.2 Å². The first kappa shape index (κ1) is 6.59. The molecule has 1 rings (SSSR count). The number of nitrogens with zero attached hydrogens (tertiary/aromatic N) is 1. The van der Waals surface area contributed by atoms with Gasteiger partial charge in [-0.1, -0.05) is 13.3 Å². The number of nitrogens with two attached hydrogens (primary N) is 1. The second-order valence-corrected chi connectivity index (χ2v) is 3.02. The van der Waals surface area contributed by atoms with Crippen molar-refractivity contribution in [3.05, 3.63) is 0 Å². The molecule has 9 heavy (non-hydrogen) atoms. The Hall–Kier alpha value is -0.530. The summed E-state index contributed by atoms with van der Waals surface area (Å²) in [5.41, 5.74) is 5.92. The highest BCUT2D eigenvalue weighted by Gasteiger charge is 2.35. The summed E-state index contributed by atoms with van der Waals surface area (Å²) in [5.74, 6) is 0.828. The van der Waals surface area contributed by atoms with Crippen molar-refractivity contribution in [2.75, 3.05) is 7.05 Å². The third-order valence-electron chi connectivity index (χ3n) is 2.32. The van der Waals surface area contributed by atoms with Gasteiger partial charge in [0.2, 0.25) is 0 Å². The molecule has 52 valence electrons. The van der Waals surface area contributed by atoms with Gasteiger partial charge in [-0.3, -0.25) is 4.99 Å². The Bertz CT molecular complexity index is 134. The summed E-state index contributed by atoms with van der Waals surface area (Å²) >= 11 is 0. The smallest absolute Gasteiger partial charge is 0.0993 e. The van der Waals surface area contributed by atoms with Gasteiger partial charge < -0.3 is 5.73 Å². The van der Waals surface area contributed by atoms with Crippen LogP contribution in [-0.2, 0) is 0 Å². The SMILES string of the molecule is CN=C(N)C1(C)CCC1. The molecule has 0 spiro atoms. The first-order valence-corrected chi connectivity index (χ1v) is 3.42. The van der Waals surface area contributed by atoms with Crippen LogP contribution >= 0.6 is 0 Å². The van der Waals surface area contributed by atoms with E-state index in [2.05, 4.69) is 11.9 Å². The van der Waals surface area contributed by atoms with Crippen molar-refractivity contribution in [3.63, 3.8) is 0 Å². The van der Waals surface area contributed by atoms with Gasteiger partial charge in [0.15, 0.2) is 0 Å². The fourth-order valence-electron chi connectivity index (χ4n) is 1.23. The van der Waals surface area contributed by atoms with Crippen LogP contribution in [0, 0.1) is 5.41 Å². The molecule has 0 unspecified atom stereocenters. The van der Waals surface area contributed by atoms with E-state index in [1.807, 2.05) is 0 Å². The summed E-state index contributed by atoms with van der Waals surface area (Å²) < 4.78 is 0. The van der Waals surface area contributed by atoms with Crippen LogP contribution in [0.3, 0.4) is 0 Å². The van der Waals surface area contributed by atoms with Crippen molar-refractivity contribution in [3.8, 4) is 0 Å². The summed E-state index contributed by atoms with van der Waals surface area (Å²) in [6.45, 7) is 2.18. The Kier molecular flexibility index (Phi) is 1.47. The molecule has 0 aromatic rings. The average Bonchev–Trinajstić information content (AvgIpc) is 1.81. The lowest BCUT2D eigenvalue weighted by atomic mass is 9.69. The number of aliphatic imine (C=N–C) groups is 1. The predicted octanol–water partition coefficient (Wildman–Crippen LogP) is 1.16. The molecule has 1 saturated carbocycles. The highest BCUT2D eigenvalue weighted by Crippen LogP contribution is 2.40. The minimum atomic E-state index is 0.259. The van der Waals surface area contributed by atoms with Crippen LogP contribution in [0.15, 0.2) is 4.99 Å². The molecule has 0 radical (unpaired) electrons. The van der Waals surface area contributed by atoms with Crippen LogP contribution in [0.1, 0.15) is 26.2 Å². The summed E-state index contributed by atoms with van der Waals surface area (Å²) in [7, 11) is 1.76. The molecule has 2 heteroatoms. The van der Waals surface area contributed by atoms with Gasteiger partial charge in [-0.15, -0.1) is 0 Å². The molecular weight excluding hydrogens is 112 g/mol. The van der Waals surface area contributed by atoms with E-state index in [1.54, 1.807) is 7.05 Å². The zero-order chi connectivity index (χ0) is 6.91. The fraction of sp³-hybridized carbons (Fsp3) is 0.857. The summed E-state index contributed by atoms with van der Waals surface area (Å²) in [5, 5.41) is 0. The minimum absolute atomic E-state index is 0.259. The molecule has 1 aliphatic rings. The number of rotatable bonds is 1. The van der Waals surface area contributed by atoms with Crippen LogP contribution in [-0.4, -0.2) is 12.9 Å². The van der Waals surface area contributed by atoms with E-state index in [4.69, 9.17) is 5.73 Å². The standard InChI is InChI=1S/C7H14N2/c1-7(4-3-5-7)6(8)9-2/h3-5H2,1-2H3,(H2,8,9). The van der Waals surface area contributed by atoms with Crippen molar-refractivity contribution < 1.29 is 0 Å². The van der Waals surface area contributed by atoms with Crippen LogP contribution < -0.4 is 5.73 Å². The third-order valence-corrected chi connectivity index (χ3v) is 2.32. The van der Waals surface area contributed by atoms with Gasteiger partial charge in [-0.2, -0.15) is 0 Å². The van der Waals surface area contributed by atoms with E-state index >= 15 is 0 Å². The number of hydrogen-bond donors (Lipinski definition) is 1. The maximum absolute atomic E-state index is 5.66. The van der Waals surface area contributed by atoms with Gasteiger partial charge in [0, 0.05) is 12.5 Å². The van der Waals surface area contributed by atoms with E-state index in [0.29, 0.717) is 0 Å². The van der Waals surface area contributed by atoms with Gasteiger partial charge in [0.25, 0.3) is 0 Å². The maximum Gasteiger partial charge on any atom is 0.0993 e. The highest BCUT2D eigenvalue weighted by atomic mass is 14.9. The zero-order valence-corrected chi connectivity index (χ0v) is 6.15. The second kappa shape index (κ2) is 2.01. The van der Waals surface area contributed by atoms with Crippen molar-refractivity contribution in [1.29, 1.82) is 0 Å². The lowest BCUT2D eigenvalue weighted by Crippen LogP contribution is -2.40. The topological polar surface area (TPSA) is 38.4 Å². The monoisotopic (exact) mass is 126 g/mol. The van der Waals surface area contributed by atoms with Gasteiger partial charge in [0.1, 0.15) is 0 Å². The molecule has 0 atom stereocenters. The Morgan fingerprint density at radius 2 is 2.11 bits per heavy atom.